The van der Waals surface area contributed by atoms with Gasteiger partial charge in [0.15, 0.2) is 0 Å². The highest BCUT2D eigenvalue weighted by Gasteiger charge is 2.41. The van der Waals surface area contributed by atoms with Crippen LogP contribution in [0.4, 0.5) is 11.4 Å². The third-order valence-corrected chi connectivity index (χ3v) is 8.71. The molecule has 0 aromatic heterocycles. The highest BCUT2D eigenvalue weighted by Crippen LogP contribution is 2.43. The summed E-state index contributed by atoms with van der Waals surface area (Å²) < 4.78 is 5.52. The second-order valence-corrected chi connectivity index (χ2v) is 11.0. The van der Waals surface area contributed by atoms with Crippen molar-refractivity contribution >= 4 is 46.6 Å². The molecule has 8 heteroatoms. The van der Waals surface area contributed by atoms with Crippen molar-refractivity contribution in [1.29, 1.82) is 0 Å². The summed E-state index contributed by atoms with van der Waals surface area (Å²) in [6, 6.07) is 23.4. The fraction of sp³-hybridized carbons (Fsp3) is 0.310. The zero-order valence-corrected chi connectivity index (χ0v) is 22.5. The number of carbonyl (C=O) groups is 2. The fourth-order valence-electron chi connectivity index (χ4n) is 5.01. The number of piperazine rings is 1. The molecule has 0 unspecified atom stereocenters. The van der Waals surface area contributed by atoms with E-state index in [2.05, 4.69) is 4.90 Å². The third kappa shape index (κ3) is 5.29. The van der Waals surface area contributed by atoms with Crippen LogP contribution in [0, 0.1) is 5.92 Å². The molecule has 0 N–H and O–H groups in total. The van der Waals surface area contributed by atoms with Crippen LogP contribution >= 0.6 is 23.4 Å². The summed E-state index contributed by atoms with van der Waals surface area (Å²) in [5.74, 6) is 0.355. The number of nitrogens with zero attached hydrogens (tertiary/aromatic N) is 3. The Morgan fingerprint density at radius 2 is 1.70 bits per heavy atom. The Morgan fingerprint density at radius 1 is 1.00 bits per heavy atom. The molecule has 0 bridgehead atoms. The standard InChI is InChI=1S/C29H30ClN3O3S/c1-20(28(34)32-16-14-31(15-17-32)23-10-3-5-12-25(23)36-2)27-29(35)33(19-21-8-7-9-22(30)18-21)24-11-4-6-13-26(24)37-27/h3-13,18,20,27H,14-17,19H2,1-2H3/t20-,27+/m0/s1. The Balaban J connectivity index is 1.31. The maximum atomic E-state index is 13.8. The number of amides is 2. The molecule has 5 rings (SSSR count). The first-order valence-electron chi connectivity index (χ1n) is 12.4. The second kappa shape index (κ2) is 11.1. The normalized spacial score (nSPS) is 18.4. The quantitative estimate of drug-likeness (QED) is 0.426. The molecule has 6 nitrogen and oxygen atoms in total. The summed E-state index contributed by atoms with van der Waals surface area (Å²) in [6.45, 7) is 4.94. The number of para-hydroxylation sites is 3. The minimum Gasteiger partial charge on any atom is -0.495 e. The summed E-state index contributed by atoms with van der Waals surface area (Å²) in [5.41, 5.74) is 2.86. The number of carbonyl (C=O) groups excluding carboxylic acids is 2. The van der Waals surface area contributed by atoms with Gasteiger partial charge in [0.05, 0.1) is 30.9 Å². The van der Waals surface area contributed by atoms with Crippen LogP contribution in [0.2, 0.25) is 5.02 Å². The molecule has 2 heterocycles. The Kier molecular flexibility index (Phi) is 7.63. The Bertz CT molecular complexity index is 1290. The molecule has 0 radical (unpaired) electrons. The summed E-state index contributed by atoms with van der Waals surface area (Å²) in [7, 11) is 1.67. The summed E-state index contributed by atoms with van der Waals surface area (Å²) in [6.07, 6.45) is 0. The zero-order chi connectivity index (χ0) is 25.9. The lowest BCUT2D eigenvalue weighted by Crippen LogP contribution is -2.53. The van der Waals surface area contributed by atoms with Gasteiger partial charge in [-0.15, -0.1) is 11.8 Å². The van der Waals surface area contributed by atoms with Crippen LogP contribution in [0.5, 0.6) is 5.75 Å². The Labute approximate surface area is 227 Å². The molecule has 37 heavy (non-hydrogen) atoms. The number of fused-ring (bicyclic) bond motifs is 1. The van der Waals surface area contributed by atoms with E-state index in [0.717, 1.165) is 27.6 Å². The summed E-state index contributed by atoms with van der Waals surface area (Å²) in [4.78, 5) is 34.4. The minimum atomic E-state index is -0.492. The van der Waals surface area contributed by atoms with Gasteiger partial charge < -0.3 is 19.4 Å². The predicted molar refractivity (Wildman–Crippen MR) is 150 cm³/mol. The van der Waals surface area contributed by atoms with Crippen molar-refractivity contribution in [2.24, 2.45) is 5.92 Å². The number of thioether (sulfide) groups is 1. The van der Waals surface area contributed by atoms with E-state index in [0.29, 0.717) is 37.7 Å². The maximum absolute atomic E-state index is 13.8. The van der Waals surface area contributed by atoms with E-state index in [-0.39, 0.29) is 11.8 Å². The molecule has 0 saturated carbocycles. The minimum absolute atomic E-state index is 0.0209. The Hall–Kier alpha value is -3.16. The molecule has 192 valence electrons. The number of benzene rings is 3. The van der Waals surface area contributed by atoms with E-state index in [1.54, 1.807) is 12.0 Å². The van der Waals surface area contributed by atoms with Crippen molar-refractivity contribution in [3.05, 3.63) is 83.4 Å². The van der Waals surface area contributed by atoms with Gasteiger partial charge in [-0.05, 0) is 42.0 Å². The molecule has 2 atom stereocenters. The number of hydrogen-bond acceptors (Lipinski definition) is 5. The van der Waals surface area contributed by atoms with Gasteiger partial charge in [0, 0.05) is 36.1 Å². The highest BCUT2D eigenvalue weighted by atomic mass is 35.5. The van der Waals surface area contributed by atoms with E-state index in [1.165, 1.54) is 11.8 Å². The molecule has 0 spiro atoms. The van der Waals surface area contributed by atoms with Crippen molar-refractivity contribution in [3.8, 4) is 5.75 Å². The number of methoxy groups -OCH3 is 1. The SMILES string of the molecule is COc1ccccc1N1CCN(C(=O)[C@@H](C)[C@H]2Sc3ccccc3N(Cc3cccc(Cl)c3)C2=O)CC1. The number of halogens is 1. The van der Waals surface area contributed by atoms with E-state index < -0.39 is 11.2 Å². The molecule has 2 aliphatic heterocycles. The lowest BCUT2D eigenvalue weighted by atomic mass is 10.0. The fourth-order valence-corrected chi connectivity index (χ4v) is 6.50. The van der Waals surface area contributed by atoms with Gasteiger partial charge in [0.25, 0.3) is 0 Å². The molecule has 0 aliphatic carbocycles. The van der Waals surface area contributed by atoms with E-state index in [1.807, 2.05) is 84.6 Å². The number of anilines is 2. The molecular weight excluding hydrogens is 506 g/mol. The zero-order valence-electron chi connectivity index (χ0n) is 21.0. The first-order chi connectivity index (χ1) is 18.0. The smallest absolute Gasteiger partial charge is 0.241 e. The van der Waals surface area contributed by atoms with Crippen LogP contribution in [-0.4, -0.2) is 55.3 Å². The van der Waals surface area contributed by atoms with Crippen molar-refractivity contribution in [2.45, 2.75) is 23.6 Å². The van der Waals surface area contributed by atoms with Crippen LogP contribution in [0.1, 0.15) is 12.5 Å². The van der Waals surface area contributed by atoms with Crippen LogP contribution in [0.15, 0.2) is 77.7 Å². The topological polar surface area (TPSA) is 53.1 Å². The third-order valence-electron chi connectivity index (χ3n) is 7.01. The van der Waals surface area contributed by atoms with Gasteiger partial charge in [0.2, 0.25) is 11.8 Å². The van der Waals surface area contributed by atoms with Crippen LogP contribution in [0.25, 0.3) is 0 Å². The predicted octanol–water partition coefficient (Wildman–Crippen LogP) is 5.34. The molecular formula is C29H30ClN3O3S. The van der Waals surface area contributed by atoms with Crippen LogP contribution in [-0.2, 0) is 16.1 Å². The van der Waals surface area contributed by atoms with Gasteiger partial charge in [-0.3, -0.25) is 9.59 Å². The first-order valence-corrected chi connectivity index (χ1v) is 13.7. The van der Waals surface area contributed by atoms with Gasteiger partial charge in [-0.2, -0.15) is 0 Å². The number of ether oxygens (including phenoxy) is 1. The van der Waals surface area contributed by atoms with E-state index >= 15 is 0 Å². The molecule has 2 aliphatic rings. The molecule has 1 saturated heterocycles. The second-order valence-electron chi connectivity index (χ2n) is 9.33. The van der Waals surface area contributed by atoms with Crippen LogP contribution in [0.3, 0.4) is 0 Å². The molecule has 3 aromatic rings. The molecule has 1 fully saturated rings. The first kappa shape index (κ1) is 25.5. The van der Waals surface area contributed by atoms with Crippen molar-refractivity contribution in [1.82, 2.24) is 4.90 Å². The summed E-state index contributed by atoms with van der Waals surface area (Å²) >= 11 is 7.70. The highest BCUT2D eigenvalue weighted by molar-refractivity contribution is 8.01. The summed E-state index contributed by atoms with van der Waals surface area (Å²) in [5, 5.41) is 0.144. The monoisotopic (exact) mass is 535 g/mol. The molecule has 3 aromatic carbocycles. The molecule has 2 amide bonds. The number of hydrogen-bond donors (Lipinski definition) is 0. The lowest BCUT2D eigenvalue weighted by molar-refractivity contribution is -0.137. The van der Waals surface area contributed by atoms with Crippen LogP contribution < -0.4 is 14.5 Å². The largest absolute Gasteiger partial charge is 0.495 e. The maximum Gasteiger partial charge on any atom is 0.241 e. The van der Waals surface area contributed by atoms with Crippen molar-refractivity contribution in [3.63, 3.8) is 0 Å². The van der Waals surface area contributed by atoms with Gasteiger partial charge in [0.1, 0.15) is 11.0 Å². The van der Waals surface area contributed by atoms with Crippen molar-refractivity contribution in [2.75, 3.05) is 43.1 Å². The average molecular weight is 536 g/mol. The van der Waals surface area contributed by atoms with E-state index in [9.17, 15) is 9.59 Å². The van der Waals surface area contributed by atoms with Gasteiger partial charge >= 0.3 is 0 Å². The van der Waals surface area contributed by atoms with Crippen molar-refractivity contribution < 1.29 is 14.3 Å². The van der Waals surface area contributed by atoms with E-state index in [4.69, 9.17) is 16.3 Å². The number of rotatable bonds is 6. The average Bonchev–Trinajstić information content (AvgIpc) is 2.93. The lowest BCUT2D eigenvalue weighted by Gasteiger charge is -2.40. The Morgan fingerprint density at radius 3 is 2.43 bits per heavy atom. The van der Waals surface area contributed by atoms with Gasteiger partial charge in [-0.25, -0.2) is 0 Å². The van der Waals surface area contributed by atoms with Gasteiger partial charge in [-0.1, -0.05) is 54.9 Å².